The standard InChI is InChI=1S/C15H16N2O4/c1-3-21-15(19)13-8-16-17(10-13)9-11-4-6-12(7-5-11)14(18)20-2/h4-8,10H,3,9H2,1-2H3. The Bertz CT molecular complexity index is 631. The third kappa shape index (κ3) is 3.68. The molecule has 1 aromatic heterocycles. The maximum absolute atomic E-state index is 11.5. The molecule has 6 heteroatoms. The molecule has 0 fully saturated rings. The van der Waals surface area contributed by atoms with Crippen LogP contribution in [0.25, 0.3) is 0 Å². The van der Waals surface area contributed by atoms with E-state index in [0.717, 1.165) is 5.56 Å². The van der Waals surface area contributed by atoms with Crippen molar-refractivity contribution in [2.45, 2.75) is 13.5 Å². The molecule has 0 aliphatic carbocycles. The van der Waals surface area contributed by atoms with Crippen molar-refractivity contribution < 1.29 is 19.1 Å². The van der Waals surface area contributed by atoms with Gasteiger partial charge in [0.25, 0.3) is 0 Å². The quantitative estimate of drug-likeness (QED) is 0.786. The van der Waals surface area contributed by atoms with Crippen molar-refractivity contribution in [3.05, 3.63) is 53.3 Å². The van der Waals surface area contributed by atoms with Crippen molar-refractivity contribution in [3.63, 3.8) is 0 Å². The molecular weight excluding hydrogens is 272 g/mol. The molecule has 0 bridgehead atoms. The fourth-order valence-electron chi connectivity index (χ4n) is 1.82. The fourth-order valence-corrected chi connectivity index (χ4v) is 1.82. The number of rotatable bonds is 5. The first kappa shape index (κ1) is 14.8. The first-order valence-electron chi connectivity index (χ1n) is 6.51. The molecule has 0 amide bonds. The number of esters is 2. The van der Waals surface area contributed by atoms with Crippen molar-refractivity contribution in [1.29, 1.82) is 0 Å². The molecule has 0 aliphatic heterocycles. The molecule has 0 saturated carbocycles. The fraction of sp³-hybridized carbons (Fsp3) is 0.267. The zero-order chi connectivity index (χ0) is 15.2. The Kier molecular flexibility index (Phi) is 4.71. The Morgan fingerprint density at radius 2 is 1.86 bits per heavy atom. The summed E-state index contributed by atoms with van der Waals surface area (Å²) in [5.74, 6) is -0.755. The summed E-state index contributed by atoms with van der Waals surface area (Å²) in [7, 11) is 1.34. The number of hydrogen-bond acceptors (Lipinski definition) is 5. The highest BCUT2D eigenvalue weighted by atomic mass is 16.5. The zero-order valence-electron chi connectivity index (χ0n) is 11.9. The van der Waals surface area contributed by atoms with Gasteiger partial charge in [-0.1, -0.05) is 12.1 Å². The summed E-state index contributed by atoms with van der Waals surface area (Å²) < 4.78 is 11.2. The topological polar surface area (TPSA) is 70.4 Å². The van der Waals surface area contributed by atoms with E-state index in [2.05, 4.69) is 9.84 Å². The summed E-state index contributed by atoms with van der Waals surface area (Å²) in [6.07, 6.45) is 3.10. The third-order valence-corrected chi connectivity index (χ3v) is 2.86. The molecule has 1 heterocycles. The van der Waals surface area contributed by atoms with Crippen LogP contribution in [0.2, 0.25) is 0 Å². The molecule has 1 aromatic carbocycles. The van der Waals surface area contributed by atoms with Gasteiger partial charge in [0.2, 0.25) is 0 Å². The van der Waals surface area contributed by atoms with Gasteiger partial charge in [0.1, 0.15) is 0 Å². The number of aromatic nitrogens is 2. The van der Waals surface area contributed by atoms with Gasteiger partial charge in [-0.15, -0.1) is 0 Å². The van der Waals surface area contributed by atoms with Gasteiger partial charge in [0.05, 0.1) is 37.6 Å². The van der Waals surface area contributed by atoms with Gasteiger partial charge >= 0.3 is 11.9 Å². The average Bonchev–Trinajstić information content (AvgIpc) is 2.96. The van der Waals surface area contributed by atoms with Gasteiger partial charge in [-0.25, -0.2) is 9.59 Å². The molecule has 0 N–H and O–H groups in total. The van der Waals surface area contributed by atoms with E-state index in [1.165, 1.54) is 13.3 Å². The highest BCUT2D eigenvalue weighted by Crippen LogP contribution is 2.08. The highest BCUT2D eigenvalue weighted by molar-refractivity contribution is 5.89. The summed E-state index contributed by atoms with van der Waals surface area (Å²) in [4.78, 5) is 22.9. The largest absolute Gasteiger partial charge is 0.465 e. The monoisotopic (exact) mass is 288 g/mol. The van der Waals surface area contributed by atoms with Crippen molar-refractivity contribution in [3.8, 4) is 0 Å². The van der Waals surface area contributed by atoms with Crippen molar-refractivity contribution in [2.24, 2.45) is 0 Å². The Balaban J connectivity index is 2.05. The van der Waals surface area contributed by atoms with E-state index in [1.807, 2.05) is 12.1 Å². The molecule has 0 unspecified atom stereocenters. The van der Waals surface area contributed by atoms with Crippen LogP contribution in [0.3, 0.4) is 0 Å². The lowest BCUT2D eigenvalue weighted by molar-refractivity contribution is 0.0525. The molecule has 110 valence electrons. The zero-order valence-corrected chi connectivity index (χ0v) is 11.9. The number of hydrogen-bond donors (Lipinski definition) is 0. The van der Waals surface area contributed by atoms with Crippen molar-refractivity contribution >= 4 is 11.9 Å². The maximum atomic E-state index is 11.5. The Morgan fingerprint density at radius 3 is 2.48 bits per heavy atom. The molecule has 0 aliphatic rings. The number of carbonyl (C=O) groups excluding carboxylic acids is 2. The highest BCUT2D eigenvalue weighted by Gasteiger charge is 2.10. The number of ether oxygens (including phenoxy) is 2. The van der Waals surface area contributed by atoms with Gasteiger partial charge in [-0.05, 0) is 24.6 Å². The number of methoxy groups -OCH3 is 1. The second-order valence-electron chi connectivity index (χ2n) is 4.34. The molecule has 0 spiro atoms. The van der Waals surface area contributed by atoms with Crippen LogP contribution in [0.1, 0.15) is 33.2 Å². The van der Waals surface area contributed by atoms with Crippen LogP contribution in [0.4, 0.5) is 0 Å². The van der Waals surface area contributed by atoms with E-state index < -0.39 is 0 Å². The predicted octanol–water partition coefficient (Wildman–Crippen LogP) is 1.89. The molecule has 21 heavy (non-hydrogen) atoms. The van der Waals surface area contributed by atoms with E-state index >= 15 is 0 Å². The molecule has 2 aromatic rings. The van der Waals surface area contributed by atoms with Gasteiger partial charge in [0.15, 0.2) is 0 Å². The second kappa shape index (κ2) is 6.69. The van der Waals surface area contributed by atoms with Gasteiger partial charge < -0.3 is 9.47 Å². The number of carbonyl (C=O) groups is 2. The third-order valence-electron chi connectivity index (χ3n) is 2.86. The van der Waals surface area contributed by atoms with Crippen molar-refractivity contribution in [2.75, 3.05) is 13.7 Å². The van der Waals surface area contributed by atoms with E-state index in [4.69, 9.17) is 4.74 Å². The summed E-state index contributed by atoms with van der Waals surface area (Å²) >= 11 is 0. The van der Waals surface area contributed by atoms with Crippen LogP contribution >= 0.6 is 0 Å². The molecular formula is C15H16N2O4. The summed E-state index contributed by atoms with van der Waals surface area (Å²) in [6.45, 7) is 2.59. The van der Waals surface area contributed by atoms with Gasteiger partial charge in [0, 0.05) is 6.20 Å². The molecule has 6 nitrogen and oxygen atoms in total. The first-order valence-corrected chi connectivity index (χ1v) is 6.51. The van der Waals surface area contributed by atoms with Crippen molar-refractivity contribution in [1.82, 2.24) is 9.78 Å². The smallest absolute Gasteiger partial charge is 0.341 e. The Morgan fingerprint density at radius 1 is 1.14 bits per heavy atom. The Hall–Kier alpha value is -2.63. The molecule has 0 saturated heterocycles. The van der Waals surface area contributed by atoms with Gasteiger partial charge in [-0.3, -0.25) is 4.68 Å². The van der Waals surface area contributed by atoms with E-state index in [1.54, 1.807) is 29.9 Å². The van der Waals surface area contributed by atoms with E-state index in [0.29, 0.717) is 24.3 Å². The minimum absolute atomic E-state index is 0.332. The Labute approximate surface area is 122 Å². The number of benzene rings is 1. The van der Waals surface area contributed by atoms with Gasteiger partial charge in [-0.2, -0.15) is 5.10 Å². The molecule has 2 rings (SSSR count). The summed E-state index contributed by atoms with van der Waals surface area (Å²) in [5, 5.41) is 4.11. The SMILES string of the molecule is CCOC(=O)c1cnn(Cc2ccc(C(=O)OC)cc2)c1. The minimum atomic E-state index is -0.384. The first-order chi connectivity index (χ1) is 10.1. The molecule has 0 atom stereocenters. The predicted molar refractivity (Wildman–Crippen MR) is 75.1 cm³/mol. The van der Waals surface area contributed by atoms with Crippen LogP contribution in [0, 0.1) is 0 Å². The maximum Gasteiger partial charge on any atom is 0.341 e. The van der Waals surface area contributed by atoms with Crippen LogP contribution in [-0.2, 0) is 16.0 Å². The van der Waals surface area contributed by atoms with E-state index in [-0.39, 0.29) is 11.9 Å². The summed E-state index contributed by atoms with van der Waals surface area (Å²) in [6, 6.07) is 7.02. The van der Waals surface area contributed by atoms with Crippen LogP contribution < -0.4 is 0 Å². The lowest BCUT2D eigenvalue weighted by atomic mass is 10.1. The second-order valence-corrected chi connectivity index (χ2v) is 4.34. The number of nitrogens with zero attached hydrogens (tertiary/aromatic N) is 2. The average molecular weight is 288 g/mol. The minimum Gasteiger partial charge on any atom is -0.465 e. The lowest BCUT2D eigenvalue weighted by Gasteiger charge is -2.03. The van der Waals surface area contributed by atoms with Crippen LogP contribution in [0.5, 0.6) is 0 Å². The normalized spacial score (nSPS) is 10.2. The summed E-state index contributed by atoms with van der Waals surface area (Å²) in [5.41, 5.74) is 1.87. The van der Waals surface area contributed by atoms with Crippen LogP contribution in [-0.4, -0.2) is 35.4 Å². The molecule has 0 radical (unpaired) electrons. The van der Waals surface area contributed by atoms with E-state index in [9.17, 15) is 9.59 Å². The van der Waals surface area contributed by atoms with Crippen LogP contribution in [0.15, 0.2) is 36.7 Å². The lowest BCUT2D eigenvalue weighted by Crippen LogP contribution is -2.04.